The molecule has 1 aromatic rings. The van der Waals surface area contributed by atoms with E-state index in [0.29, 0.717) is 6.07 Å². The average Bonchev–Trinajstić information content (AvgIpc) is 2.26. The van der Waals surface area contributed by atoms with Crippen molar-refractivity contribution in [3.05, 3.63) is 28.3 Å². The summed E-state index contributed by atoms with van der Waals surface area (Å²) in [5, 5.41) is 19.7. The third-order valence-corrected chi connectivity index (χ3v) is 3.61. The number of phenols is 1. The number of nitrogens with one attached hydrogen (secondary N) is 1. The zero-order valence-electron chi connectivity index (χ0n) is 9.72. The topological polar surface area (TPSA) is 110 Å². The van der Waals surface area contributed by atoms with E-state index in [9.17, 15) is 31.7 Å². The van der Waals surface area contributed by atoms with E-state index in [-0.39, 0.29) is 0 Å². The SMILES string of the molecule is O=[N+]([O-])c1cc(S(=O)(=O)NCCC(F)(F)F)ccc1O. The Labute approximate surface area is 111 Å². The van der Waals surface area contributed by atoms with Crippen molar-refractivity contribution in [2.24, 2.45) is 0 Å². The Bertz CT molecular complexity index is 614. The Balaban J connectivity index is 2.93. The van der Waals surface area contributed by atoms with Gasteiger partial charge in [0.1, 0.15) is 0 Å². The van der Waals surface area contributed by atoms with Gasteiger partial charge in [-0.05, 0) is 12.1 Å². The van der Waals surface area contributed by atoms with Crippen molar-refractivity contribution in [3.8, 4) is 5.75 Å². The lowest BCUT2D eigenvalue weighted by Crippen LogP contribution is -2.28. The number of nitro benzene ring substituents is 1. The van der Waals surface area contributed by atoms with Gasteiger partial charge >= 0.3 is 11.9 Å². The first-order chi connectivity index (χ1) is 9.03. The van der Waals surface area contributed by atoms with Crippen molar-refractivity contribution in [1.29, 1.82) is 0 Å². The summed E-state index contributed by atoms with van der Waals surface area (Å²) in [5.74, 6) is -0.746. The number of aromatic hydroxyl groups is 1. The van der Waals surface area contributed by atoms with Crippen LogP contribution in [0.4, 0.5) is 18.9 Å². The molecule has 11 heteroatoms. The first-order valence-corrected chi connectivity index (χ1v) is 6.55. The predicted octanol–water partition coefficient (Wildman–Crippen LogP) is 1.53. The molecule has 0 aromatic heterocycles. The van der Waals surface area contributed by atoms with E-state index in [4.69, 9.17) is 5.11 Å². The Kier molecular flexibility index (Phi) is 4.55. The van der Waals surface area contributed by atoms with Gasteiger partial charge in [0, 0.05) is 12.6 Å². The number of sulfonamides is 1. The molecule has 0 atom stereocenters. The summed E-state index contributed by atoms with van der Waals surface area (Å²) in [4.78, 5) is 8.91. The maximum absolute atomic E-state index is 11.9. The smallest absolute Gasteiger partial charge is 0.390 e. The molecule has 0 unspecified atom stereocenters. The Morgan fingerprint density at radius 2 is 1.95 bits per heavy atom. The van der Waals surface area contributed by atoms with Gasteiger partial charge in [0.2, 0.25) is 10.0 Å². The highest BCUT2D eigenvalue weighted by atomic mass is 32.2. The Morgan fingerprint density at radius 3 is 2.45 bits per heavy atom. The summed E-state index contributed by atoms with van der Waals surface area (Å²) < 4.78 is 60.6. The van der Waals surface area contributed by atoms with Gasteiger partial charge in [0.15, 0.2) is 5.75 Å². The van der Waals surface area contributed by atoms with Gasteiger partial charge in [-0.2, -0.15) is 13.2 Å². The molecule has 112 valence electrons. The van der Waals surface area contributed by atoms with Crippen molar-refractivity contribution >= 4 is 15.7 Å². The third kappa shape index (κ3) is 4.35. The number of benzene rings is 1. The fourth-order valence-electron chi connectivity index (χ4n) is 1.23. The zero-order valence-corrected chi connectivity index (χ0v) is 10.5. The van der Waals surface area contributed by atoms with Crippen LogP contribution in [0.2, 0.25) is 0 Å². The molecule has 7 nitrogen and oxygen atoms in total. The highest BCUT2D eigenvalue weighted by Crippen LogP contribution is 2.28. The third-order valence-electron chi connectivity index (χ3n) is 2.15. The fourth-order valence-corrected chi connectivity index (χ4v) is 2.28. The van der Waals surface area contributed by atoms with E-state index in [1.54, 1.807) is 4.72 Å². The van der Waals surface area contributed by atoms with Crippen molar-refractivity contribution in [2.75, 3.05) is 6.54 Å². The highest BCUT2D eigenvalue weighted by Gasteiger charge is 2.28. The number of phenolic OH excluding ortho intramolecular Hbond substituents is 1. The van der Waals surface area contributed by atoms with Gasteiger partial charge in [-0.1, -0.05) is 0 Å². The van der Waals surface area contributed by atoms with Crippen LogP contribution in [0.15, 0.2) is 23.1 Å². The summed E-state index contributed by atoms with van der Waals surface area (Å²) in [5.41, 5.74) is -0.858. The minimum atomic E-state index is -4.52. The van der Waals surface area contributed by atoms with E-state index < -0.39 is 50.4 Å². The number of hydrogen-bond acceptors (Lipinski definition) is 5. The second-order valence-corrected chi connectivity index (χ2v) is 5.44. The Morgan fingerprint density at radius 1 is 1.35 bits per heavy atom. The van der Waals surface area contributed by atoms with Crippen LogP contribution in [0, 0.1) is 10.1 Å². The summed E-state index contributed by atoms with van der Waals surface area (Å²) in [6, 6.07) is 2.18. The van der Waals surface area contributed by atoms with E-state index in [1.165, 1.54) is 0 Å². The highest BCUT2D eigenvalue weighted by molar-refractivity contribution is 7.89. The maximum atomic E-state index is 11.9. The van der Waals surface area contributed by atoms with Crippen molar-refractivity contribution < 1.29 is 31.6 Å². The van der Waals surface area contributed by atoms with Crippen LogP contribution in [0.3, 0.4) is 0 Å². The second kappa shape index (κ2) is 5.63. The van der Waals surface area contributed by atoms with Crippen LogP contribution >= 0.6 is 0 Å². The van der Waals surface area contributed by atoms with Gasteiger partial charge in [0.25, 0.3) is 0 Å². The number of alkyl halides is 3. The Hall–Kier alpha value is -1.88. The van der Waals surface area contributed by atoms with Crippen molar-refractivity contribution in [2.45, 2.75) is 17.5 Å². The molecule has 0 heterocycles. The molecular formula is C9H9F3N2O5S. The number of hydrogen-bond donors (Lipinski definition) is 2. The standard InChI is InChI=1S/C9H9F3N2O5S/c10-9(11,12)3-4-13-20(18,19)6-1-2-8(15)7(5-6)14(16)17/h1-2,5,13,15H,3-4H2. The van der Waals surface area contributed by atoms with E-state index >= 15 is 0 Å². The average molecular weight is 314 g/mol. The van der Waals surface area contributed by atoms with E-state index in [2.05, 4.69) is 0 Å². The van der Waals surface area contributed by atoms with Crippen LogP contribution in [0.25, 0.3) is 0 Å². The molecule has 0 radical (unpaired) electrons. The fraction of sp³-hybridized carbons (Fsp3) is 0.333. The lowest BCUT2D eigenvalue weighted by atomic mass is 10.3. The van der Waals surface area contributed by atoms with Crippen LogP contribution in [0.1, 0.15) is 6.42 Å². The van der Waals surface area contributed by atoms with Crippen molar-refractivity contribution in [1.82, 2.24) is 4.72 Å². The monoisotopic (exact) mass is 314 g/mol. The molecule has 0 saturated heterocycles. The molecule has 20 heavy (non-hydrogen) atoms. The number of halogens is 3. The minimum Gasteiger partial charge on any atom is -0.502 e. The summed E-state index contributed by atoms with van der Waals surface area (Å²) in [6.07, 6.45) is -5.89. The number of nitrogens with zero attached hydrogens (tertiary/aromatic N) is 1. The lowest BCUT2D eigenvalue weighted by Gasteiger charge is -2.08. The lowest BCUT2D eigenvalue weighted by molar-refractivity contribution is -0.386. The summed E-state index contributed by atoms with van der Waals surface area (Å²) in [7, 11) is -4.32. The molecule has 2 N–H and O–H groups in total. The molecule has 0 amide bonds. The molecular weight excluding hydrogens is 305 g/mol. The molecule has 0 saturated carbocycles. The quantitative estimate of drug-likeness (QED) is 0.632. The molecule has 0 spiro atoms. The van der Waals surface area contributed by atoms with Crippen molar-refractivity contribution in [3.63, 3.8) is 0 Å². The van der Waals surface area contributed by atoms with Gasteiger partial charge in [-0.3, -0.25) is 10.1 Å². The van der Waals surface area contributed by atoms with Crippen LogP contribution in [-0.2, 0) is 10.0 Å². The molecule has 0 fully saturated rings. The number of rotatable bonds is 5. The zero-order chi connectivity index (χ0) is 15.6. The first kappa shape index (κ1) is 16.2. The largest absolute Gasteiger partial charge is 0.502 e. The molecule has 1 rings (SSSR count). The summed E-state index contributed by atoms with van der Waals surface area (Å²) in [6.45, 7) is -0.888. The minimum absolute atomic E-state index is 0.561. The maximum Gasteiger partial charge on any atom is 0.390 e. The first-order valence-electron chi connectivity index (χ1n) is 5.07. The molecule has 0 aliphatic rings. The normalized spacial score (nSPS) is 12.3. The molecule has 1 aromatic carbocycles. The molecule has 0 aliphatic carbocycles. The summed E-state index contributed by atoms with van der Waals surface area (Å²) >= 11 is 0. The van der Waals surface area contributed by atoms with Gasteiger partial charge in [-0.15, -0.1) is 0 Å². The molecule has 0 aliphatic heterocycles. The van der Waals surface area contributed by atoms with Gasteiger partial charge < -0.3 is 5.11 Å². The van der Waals surface area contributed by atoms with Crippen LogP contribution < -0.4 is 4.72 Å². The van der Waals surface area contributed by atoms with E-state index in [0.717, 1.165) is 12.1 Å². The number of nitro groups is 1. The van der Waals surface area contributed by atoms with Gasteiger partial charge in [-0.25, -0.2) is 13.1 Å². The van der Waals surface area contributed by atoms with Crippen LogP contribution in [-0.4, -0.2) is 31.2 Å². The van der Waals surface area contributed by atoms with E-state index in [1.807, 2.05) is 0 Å². The van der Waals surface area contributed by atoms with Gasteiger partial charge in [0.05, 0.1) is 16.2 Å². The predicted molar refractivity (Wildman–Crippen MR) is 60.6 cm³/mol. The van der Waals surface area contributed by atoms with Crippen LogP contribution in [0.5, 0.6) is 5.75 Å². The second-order valence-electron chi connectivity index (χ2n) is 3.67. The molecule has 0 bridgehead atoms.